The molecule has 0 radical (unpaired) electrons. The molecule has 0 saturated carbocycles. The lowest BCUT2D eigenvalue weighted by Gasteiger charge is -2.07. The van der Waals surface area contributed by atoms with Crippen molar-refractivity contribution in [2.45, 2.75) is 122 Å². The van der Waals surface area contributed by atoms with Crippen LogP contribution in [0.4, 0.5) is 0 Å². The monoisotopic (exact) mass is 438 g/mol. The topological polar surface area (TPSA) is 43.4 Å². The third kappa shape index (κ3) is 16.7. The summed E-state index contributed by atoms with van der Waals surface area (Å²) >= 11 is 0. The Kier molecular flexibility index (Phi) is 16.8. The van der Waals surface area contributed by atoms with E-state index in [4.69, 9.17) is 4.18 Å². The zero-order chi connectivity index (χ0) is 21.8. The number of unbranched alkanes of at least 4 members (excludes halogenated alkanes) is 17. The van der Waals surface area contributed by atoms with E-state index in [0.717, 1.165) is 12.8 Å². The minimum atomic E-state index is -3.46. The molecule has 0 saturated heterocycles. The minimum absolute atomic E-state index is 0.112. The predicted molar refractivity (Wildman–Crippen MR) is 130 cm³/mol. The Morgan fingerprint density at radius 3 is 1.33 bits per heavy atom. The number of hydrogen-bond acceptors (Lipinski definition) is 3. The first-order valence-electron chi connectivity index (χ1n) is 12.6. The van der Waals surface area contributed by atoms with Gasteiger partial charge in [-0.3, -0.25) is 0 Å². The first-order valence-corrected chi connectivity index (χ1v) is 14.2. The van der Waals surface area contributed by atoms with Gasteiger partial charge in [0.25, 0.3) is 0 Å². The van der Waals surface area contributed by atoms with E-state index in [0.29, 0.717) is 12.2 Å². The highest BCUT2D eigenvalue weighted by Gasteiger charge is 2.11. The molecular formula is C26H46O3S. The van der Waals surface area contributed by atoms with Crippen molar-refractivity contribution in [2.75, 3.05) is 5.75 Å². The Morgan fingerprint density at radius 1 is 0.567 bits per heavy atom. The van der Waals surface area contributed by atoms with Crippen molar-refractivity contribution in [2.24, 2.45) is 0 Å². The molecule has 0 bridgehead atoms. The van der Waals surface area contributed by atoms with Gasteiger partial charge in [0.05, 0.1) is 5.75 Å². The van der Waals surface area contributed by atoms with Crippen LogP contribution < -0.4 is 4.18 Å². The van der Waals surface area contributed by atoms with Gasteiger partial charge in [-0.1, -0.05) is 134 Å². The largest absolute Gasteiger partial charge is 0.382 e. The smallest absolute Gasteiger partial charge is 0.309 e. The highest BCUT2D eigenvalue weighted by Crippen LogP contribution is 2.15. The SMILES string of the molecule is CCCCCCCCCCCCCCCCCCCCS(=O)(=O)Oc1ccccc1. The molecule has 0 N–H and O–H groups in total. The molecule has 4 heteroatoms. The molecule has 0 amide bonds. The van der Waals surface area contributed by atoms with Crippen molar-refractivity contribution < 1.29 is 12.6 Å². The quantitative estimate of drug-likeness (QED) is 0.143. The number of para-hydroxylation sites is 1. The summed E-state index contributed by atoms with van der Waals surface area (Å²) in [4.78, 5) is 0. The maximum absolute atomic E-state index is 11.9. The van der Waals surface area contributed by atoms with Crippen LogP contribution in [0.3, 0.4) is 0 Å². The summed E-state index contributed by atoms with van der Waals surface area (Å²) in [5.41, 5.74) is 0. The molecule has 1 aromatic carbocycles. The standard InChI is InChI=1S/C26H46O3S/c1-2-3-4-5-6-7-8-9-10-11-12-13-14-15-16-17-18-22-25-30(27,28)29-26-23-20-19-21-24-26/h19-21,23-24H,2-18,22,25H2,1H3. The Balaban J connectivity index is 1.80. The minimum Gasteiger partial charge on any atom is -0.382 e. The van der Waals surface area contributed by atoms with E-state index in [1.165, 1.54) is 96.3 Å². The third-order valence-electron chi connectivity index (χ3n) is 5.71. The average molecular weight is 439 g/mol. The molecule has 0 aromatic heterocycles. The Hall–Kier alpha value is -1.03. The molecule has 0 heterocycles. The van der Waals surface area contributed by atoms with Crippen molar-refractivity contribution in [3.63, 3.8) is 0 Å². The van der Waals surface area contributed by atoms with Gasteiger partial charge >= 0.3 is 10.1 Å². The van der Waals surface area contributed by atoms with Crippen LogP contribution in [-0.2, 0) is 10.1 Å². The van der Waals surface area contributed by atoms with Crippen molar-refractivity contribution in [1.82, 2.24) is 0 Å². The molecule has 0 fully saturated rings. The van der Waals surface area contributed by atoms with E-state index in [9.17, 15) is 8.42 Å². The zero-order valence-electron chi connectivity index (χ0n) is 19.5. The van der Waals surface area contributed by atoms with Crippen LogP contribution in [0.1, 0.15) is 122 Å². The van der Waals surface area contributed by atoms with E-state index in [1.807, 2.05) is 6.07 Å². The van der Waals surface area contributed by atoms with Gasteiger partial charge in [-0.2, -0.15) is 8.42 Å². The maximum Gasteiger partial charge on any atom is 0.309 e. The lowest BCUT2D eigenvalue weighted by molar-refractivity contribution is 0.481. The summed E-state index contributed by atoms with van der Waals surface area (Å²) in [7, 11) is -3.46. The van der Waals surface area contributed by atoms with E-state index in [-0.39, 0.29) is 5.75 Å². The van der Waals surface area contributed by atoms with Gasteiger partial charge in [-0.05, 0) is 18.6 Å². The number of hydrogen-bond donors (Lipinski definition) is 0. The second kappa shape index (κ2) is 18.7. The predicted octanol–water partition coefficient (Wildman–Crippen LogP) is 8.44. The van der Waals surface area contributed by atoms with Crippen molar-refractivity contribution in [3.8, 4) is 5.75 Å². The number of benzene rings is 1. The zero-order valence-corrected chi connectivity index (χ0v) is 20.3. The van der Waals surface area contributed by atoms with Crippen LogP contribution in [0.5, 0.6) is 5.75 Å². The molecule has 174 valence electrons. The normalized spacial score (nSPS) is 11.6. The van der Waals surface area contributed by atoms with Gasteiger partial charge in [0.15, 0.2) is 0 Å². The van der Waals surface area contributed by atoms with Crippen molar-refractivity contribution >= 4 is 10.1 Å². The van der Waals surface area contributed by atoms with Gasteiger partial charge < -0.3 is 4.18 Å². The highest BCUT2D eigenvalue weighted by molar-refractivity contribution is 7.87. The summed E-state index contributed by atoms with van der Waals surface area (Å²) in [6, 6.07) is 8.75. The van der Waals surface area contributed by atoms with Gasteiger partial charge in [0.2, 0.25) is 0 Å². The fourth-order valence-electron chi connectivity index (χ4n) is 3.84. The summed E-state index contributed by atoms with van der Waals surface area (Å²) in [6.45, 7) is 2.28. The molecule has 0 spiro atoms. The second-order valence-electron chi connectivity index (χ2n) is 8.67. The summed E-state index contributed by atoms with van der Waals surface area (Å²) < 4.78 is 29.0. The summed E-state index contributed by atoms with van der Waals surface area (Å²) in [5.74, 6) is 0.514. The van der Waals surface area contributed by atoms with Crippen LogP contribution in [0.25, 0.3) is 0 Å². The van der Waals surface area contributed by atoms with Crippen molar-refractivity contribution in [1.29, 1.82) is 0 Å². The lowest BCUT2D eigenvalue weighted by atomic mass is 10.0. The Bertz CT molecular complexity index is 584. The molecule has 0 aliphatic carbocycles. The van der Waals surface area contributed by atoms with Crippen LogP contribution in [0, 0.1) is 0 Å². The maximum atomic E-state index is 11.9. The summed E-state index contributed by atoms with van der Waals surface area (Å²) in [5, 5.41) is 0. The van der Waals surface area contributed by atoms with Crippen LogP contribution in [-0.4, -0.2) is 14.2 Å². The third-order valence-corrected chi connectivity index (χ3v) is 6.95. The Labute approximate surface area is 187 Å². The van der Waals surface area contributed by atoms with E-state index >= 15 is 0 Å². The van der Waals surface area contributed by atoms with E-state index < -0.39 is 10.1 Å². The summed E-state index contributed by atoms with van der Waals surface area (Å²) in [6.07, 6.45) is 23.5. The molecule has 3 nitrogen and oxygen atoms in total. The molecule has 0 atom stereocenters. The first kappa shape index (κ1) is 27.0. The second-order valence-corrected chi connectivity index (χ2v) is 10.4. The first-order chi connectivity index (χ1) is 14.6. The van der Waals surface area contributed by atoms with Crippen LogP contribution in [0.15, 0.2) is 30.3 Å². The fourth-order valence-corrected chi connectivity index (χ4v) is 4.89. The highest BCUT2D eigenvalue weighted by atomic mass is 32.2. The molecule has 0 unspecified atom stereocenters. The lowest BCUT2D eigenvalue weighted by Crippen LogP contribution is -2.13. The molecular weight excluding hydrogens is 392 g/mol. The van der Waals surface area contributed by atoms with E-state index in [1.54, 1.807) is 24.3 Å². The Morgan fingerprint density at radius 2 is 0.933 bits per heavy atom. The van der Waals surface area contributed by atoms with Gasteiger partial charge in [-0.15, -0.1) is 0 Å². The van der Waals surface area contributed by atoms with Crippen molar-refractivity contribution in [3.05, 3.63) is 30.3 Å². The molecule has 0 aliphatic heterocycles. The fraction of sp³-hybridized carbons (Fsp3) is 0.769. The molecule has 30 heavy (non-hydrogen) atoms. The van der Waals surface area contributed by atoms with Crippen LogP contribution in [0.2, 0.25) is 0 Å². The molecule has 1 rings (SSSR count). The molecule has 0 aliphatic rings. The average Bonchev–Trinajstić information content (AvgIpc) is 2.73. The van der Waals surface area contributed by atoms with Gasteiger partial charge in [0, 0.05) is 0 Å². The van der Waals surface area contributed by atoms with Gasteiger partial charge in [0.1, 0.15) is 5.75 Å². The van der Waals surface area contributed by atoms with E-state index in [2.05, 4.69) is 6.92 Å². The van der Waals surface area contributed by atoms with Crippen LogP contribution >= 0.6 is 0 Å². The van der Waals surface area contributed by atoms with Gasteiger partial charge in [-0.25, -0.2) is 0 Å². The molecule has 1 aromatic rings. The number of rotatable bonds is 21.